The summed E-state index contributed by atoms with van der Waals surface area (Å²) in [6.45, 7) is 1.15. The number of rotatable bonds is 3. The number of nitrogens with two attached hydrogens (primary N) is 1. The molecule has 0 aromatic rings. The number of hydrogen-bond acceptors (Lipinski definition) is 4. The summed E-state index contributed by atoms with van der Waals surface area (Å²) < 4.78 is 0. The smallest absolute Gasteiger partial charge is 0.141 e. The zero-order valence-corrected chi connectivity index (χ0v) is 10.8. The average molecular weight is 266 g/mol. The van der Waals surface area contributed by atoms with Crippen molar-refractivity contribution in [1.82, 2.24) is 5.01 Å². The predicted octanol–water partition coefficient (Wildman–Crippen LogP) is 1.79. The maximum atomic E-state index is 10.4. The van der Waals surface area contributed by atoms with Crippen LogP contribution in [-0.4, -0.2) is 30.6 Å². The van der Waals surface area contributed by atoms with Crippen LogP contribution in [-0.2, 0) is 4.79 Å². The second-order valence-corrected chi connectivity index (χ2v) is 4.78. The molecule has 4 nitrogen and oxygen atoms in total. The van der Waals surface area contributed by atoms with Crippen molar-refractivity contribution in [1.29, 1.82) is 0 Å². The second kappa shape index (κ2) is 5.87. The first-order chi connectivity index (χ1) is 8.70. The normalized spacial score (nSPS) is 23.9. The van der Waals surface area contributed by atoms with Crippen LogP contribution in [0.4, 0.5) is 0 Å². The van der Waals surface area contributed by atoms with E-state index in [4.69, 9.17) is 17.3 Å². The topological polar surface area (TPSA) is 58.7 Å². The maximum absolute atomic E-state index is 10.4. The van der Waals surface area contributed by atoms with Crippen LogP contribution in [0.1, 0.15) is 12.8 Å². The highest BCUT2D eigenvalue weighted by atomic mass is 35.5. The minimum absolute atomic E-state index is 0.277. The lowest BCUT2D eigenvalue weighted by Crippen LogP contribution is -2.29. The van der Waals surface area contributed by atoms with Crippen LogP contribution in [0.3, 0.4) is 0 Å². The quantitative estimate of drug-likeness (QED) is 0.792. The van der Waals surface area contributed by atoms with Gasteiger partial charge in [0.2, 0.25) is 0 Å². The first-order valence-corrected chi connectivity index (χ1v) is 6.33. The van der Waals surface area contributed by atoms with Gasteiger partial charge >= 0.3 is 0 Å². The van der Waals surface area contributed by atoms with E-state index in [1.807, 2.05) is 24.4 Å². The Hall–Kier alpha value is -1.55. The largest absolute Gasteiger partial charge is 0.398 e. The number of carbonyl (C=O) groups excluding carboxylic acids is 1. The third-order valence-electron chi connectivity index (χ3n) is 3.10. The third-order valence-corrected chi connectivity index (χ3v) is 3.45. The van der Waals surface area contributed by atoms with E-state index in [-0.39, 0.29) is 5.92 Å². The summed E-state index contributed by atoms with van der Waals surface area (Å²) in [6.07, 6.45) is 10.3. The zero-order valence-electron chi connectivity index (χ0n) is 10.1. The number of aldehydes is 1. The Labute approximate surface area is 111 Å². The molecule has 2 N–H and O–H groups in total. The molecule has 96 valence electrons. The van der Waals surface area contributed by atoms with Gasteiger partial charge in [0.25, 0.3) is 0 Å². The molecule has 1 aliphatic carbocycles. The van der Waals surface area contributed by atoms with Gasteiger partial charge in [-0.3, -0.25) is 5.01 Å². The number of hydrazone groups is 1. The monoisotopic (exact) mass is 265 g/mol. The average Bonchev–Trinajstić information content (AvgIpc) is 2.54. The van der Waals surface area contributed by atoms with Crippen LogP contribution in [0.5, 0.6) is 0 Å². The summed E-state index contributed by atoms with van der Waals surface area (Å²) in [5, 5.41) is 6.62. The molecular formula is C13H16ClN3O. The lowest BCUT2D eigenvalue weighted by molar-refractivity contribution is -0.108. The van der Waals surface area contributed by atoms with E-state index in [2.05, 4.69) is 5.10 Å². The molecule has 0 spiro atoms. The van der Waals surface area contributed by atoms with Crippen LogP contribution in [0.25, 0.3) is 0 Å². The van der Waals surface area contributed by atoms with Gasteiger partial charge < -0.3 is 10.5 Å². The lowest BCUT2D eigenvalue weighted by Gasteiger charge is -2.26. The van der Waals surface area contributed by atoms with E-state index in [1.165, 1.54) is 5.57 Å². The van der Waals surface area contributed by atoms with Crippen LogP contribution >= 0.6 is 11.6 Å². The summed E-state index contributed by atoms with van der Waals surface area (Å²) >= 11 is 5.98. The molecule has 0 radical (unpaired) electrons. The van der Waals surface area contributed by atoms with Gasteiger partial charge in [-0.2, -0.15) is 5.10 Å². The fraction of sp³-hybridized carbons (Fsp3) is 0.385. The Kier molecular flexibility index (Phi) is 4.20. The molecule has 18 heavy (non-hydrogen) atoms. The Morgan fingerprint density at radius 2 is 2.44 bits per heavy atom. The molecule has 0 amide bonds. The highest BCUT2D eigenvalue weighted by Crippen LogP contribution is 2.25. The van der Waals surface area contributed by atoms with Gasteiger partial charge in [-0.25, -0.2) is 0 Å². The minimum Gasteiger partial charge on any atom is -0.398 e. The van der Waals surface area contributed by atoms with Gasteiger partial charge in [-0.1, -0.05) is 23.3 Å². The summed E-state index contributed by atoms with van der Waals surface area (Å²) in [4.78, 5) is 10.4. The summed E-state index contributed by atoms with van der Waals surface area (Å²) in [7, 11) is 0. The van der Waals surface area contributed by atoms with Crippen molar-refractivity contribution in [2.75, 3.05) is 13.1 Å². The van der Waals surface area contributed by atoms with Crippen molar-refractivity contribution in [3.05, 3.63) is 34.5 Å². The summed E-state index contributed by atoms with van der Waals surface area (Å²) in [5.41, 5.74) is 7.69. The van der Waals surface area contributed by atoms with Crippen molar-refractivity contribution in [3.8, 4) is 0 Å². The van der Waals surface area contributed by atoms with Gasteiger partial charge in [-0.15, -0.1) is 0 Å². The van der Waals surface area contributed by atoms with Crippen molar-refractivity contribution in [2.45, 2.75) is 12.8 Å². The van der Waals surface area contributed by atoms with Crippen molar-refractivity contribution < 1.29 is 4.79 Å². The van der Waals surface area contributed by atoms with Crippen molar-refractivity contribution >= 4 is 24.1 Å². The maximum Gasteiger partial charge on any atom is 0.141 e. The number of nitrogens with zero attached hydrogens (tertiary/aromatic N) is 2. The molecular weight excluding hydrogens is 250 g/mol. The summed E-state index contributed by atoms with van der Waals surface area (Å²) in [5.74, 6) is 0.277. The molecule has 2 rings (SSSR count). The molecule has 2 aliphatic rings. The molecule has 0 fully saturated rings. The molecule has 1 aliphatic heterocycles. The summed E-state index contributed by atoms with van der Waals surface area (Å²) in [6, 6.07) is 0. The van der Waals surface area contributed by atoms with Crippen molar-refractivity contribution in [2.24, 2.45) is 16.8 Å². The van der Waals surface area contributed by atoms with Crippen LogP contribution in [0.2, 0.25) is 0 Å². The SMILES string of the molecule is NC1=C(Cl)C=CCC(C2C=NN(CC=O)CC2)=C1. The predicted molar refractivity (Wildman–Crippen MR) is 73.1 cm³/mol. The van der Waals surface area contributed by atoms with Crippen LogP contribution in [0, 0.1) is 5.92 Å². The Bertz CT molecular complexity index is 451. The molecule has 0 saturated carbocycles. The number of hydrogen-bond donors (Lipinski definition) is 1. The highest BCUT2D eigenvalue weighted by Gasteiger charge is 2.18. The van der Waals surface area contributed by atoms with E-state index in [0.29, 0.717) is 17.3 Å². The van der Waals surface area contributed by atoms with E-state index in [9.17, 15) is 4.79 Å². The zero-order chi connectivity index (χ0) is 13.0. The third kappa shape index (κ3) is 3.01. The van der Waals surface area contributed by atoms with Gasteiger partial charge in [0.15, 0.2) is 0 Å². The van der Waals surface area contributed by atoms with Gasteiger partial charge in [0.1, 0.15) is 6.29 Å². The van der Waals surface area contributed by atoms with E-state index < -0.39 is 0 Å². The Morgan fingerprint density at radius 3 is 3.11 bits per heavy atom. The number of carbonyl (C=O) groups is 1. The lowest BCUT2D eigenvalue weighted by atomic mass is 9.93. The minimum atomic E-state index is 0.277. The molecule has 0 saturated heterocycles. The van der Waals surface area contributed by atoms with Gasteiger partial charge in [-0.05, 0) is 25.0 Å². The second-order valence-electron chi connectivity index (χ2n) is 4.37. The fourth-order valence-corrected chi connectivity index (χ4v) is 2.23. The van der Waals surface area contributed by atoms with E-state index in [1.54, 1.807) is 5.01 Å². The molecule has 0 bridgehead atoms. The first kappa shape index (κ1) is 12.9. The molecule has 1 heterocycles. The molecule has 5 heteroatoms. The number of halogens is 1. The van der Waals surface area contributed by atoms with Crippen LogP contribution in [0.15, 0.2) is 39.6 Å². The fourth-order valence-electron chi connectivity index (χ4n) is 2.08. The Balaban J connectivity index is 2.10. The molecule has 0 aromatic heterocycles. The van der Waals surface area contributed by atoms with E-state index >= 15 is 0 Å². The molecule has 0 aromatic carbocycles. The Morgan fingerprint density at radius 1 is 1.61 bits per heavy atom. The molecule has 1 unspecified atom stereocenters. The van der Waals surface area contributed by atoms with E-state index in [0.717, 1.165) is 25.7 Å². The van der Waals surface area contributed by atoms with Crippen molar-refractivity contribution in [3.63, 3.8) is 0 Å². The number of allylic oxidation sites excluding steroid dienone is 5. The standard InChI is InChI=1S/C13H16ClN3O/c14-12-3-1-2-10(8-13(12)15)11-4-5-17(6-7-18)16-9-11/h1,3,7-9,11H,2,4-6,15H2. The van der Waals surface area contributed by atoms with Gasteiger partial charge in [0.05, 0.1) is 17.3 Å². The molecule has 1 atom stereocenters. The van der Waals surface area contributed by atoms with Gasteiger partial charge in [0, 0.05) is 18.7 Å². The first-order valence-electron chi connectivity index (χ1n) is 5.95. The highest BCUT2D eigenvalue weighted by molar-refractivity contribution is 6.31. The van der Waals surface area contributed by atoms with Crippen LogP contribution < -0.4 is 5.73 Å².